The predicted octanol–water partition coefficient (Wildman–Crippen LogP) is 1.90. The van der Waals surface area contributed by atoms with Crippen LogP contribution in [0.4, 0.5) is 0 Å². The Kier molecular flexibility index (Phi) is 3.31. The van der Waals surface area contributed by atoms with E-state index >= 15 is 0 Å². The summed E-state index contributed by atoms with van der Waals surface area (Å²) in [6.07, 6.45) is 0. The first kappa shape index (κ1) is 10.1. The third kappa shape index (κ3) is 2.45. The lowest BCUT2D eigenvalue weighted by atomic mass is 10.2. The summed E-state index contributed by atoms with van der Waals surface area (Å²) < 4.78 is 0.584. The number of hydrogen-bond donors (Lipinski definition) is 2. The van der Waals surface area contributed by atoms with Crippen molar-refractivity contribution in [3.05, 3.63) is 28.2 Å². The van der Waals surface area contributed by atoms with Crippen LogP contribution in [-0.4, -0.2) is 17.6 Å². The molecule has 4 heteroatoms. The zero-order valence-corrected chi connectivity index (χ0v) is 8.76. The van der Waals surface area contributed by atoms with E-state index < -0.39 is 0 Å². The van der Waals surface area contributed by atoms with Gasteiger partial charge in [0.2, 0.25) is 0 Å². The summed E-state index contributed by atoms with van der Waals surface area (Å²) in [6.45, 7) is 2.42. The molecule has 0 fully saturated rings. The van der Waals surface area contributed by atoms with Gasteiger partial charge in [0.15, 0.2) is 0 Å². The molecule has 0 aliphatic rings. The van der Waals surface area contributed by atoms with Crippen LogP contribution in [0.25, 0.3) is 0 Å². The Bertz CT molecular complexity index is 325. The molecule has 1 aromatic carbocycles. The number of rotatable bonds is 2. The first-order valence-corrected chi connectivity index (χ1v) is 4.71. The Morgan fingerprint density at radius 1 is 1.62 bits per heavy atom. The number of carbonyl (C=O) groups excluding carboxylic acids is 1. The summed E-state index contributed by atoms with van der Waals surface area (Å²) in [5, 5.41) is 11.9. The number of benzene rings is 1. The molecule has 0 atom stereocenters. The molecule has 0 radical (unpaired) electrons. The average molecular weight is 244 g/mol. The number of nitrogens with one attached hydrogen (secondary N) is 1. The first-order valence-electron chi connectivity index (χ1n) is 3.92. The molecule has 0 spiro atoms. The lowest BCUT2D eigenvalue weighted by molar-refractivity contribution is 0.0955. The molecule has 0 aliphatic carbocycles. The molecule has 70 valence electrons. The van der Waals surface area contributed by atoms with Gasteiger partial charge in [-0.15, -0.1) is 0 Å². The number of aromatic hydroxyl groups is 1. The zero-order chi connectivity index (χ0) is 9.84. The van der Waals surface area contributed by atoms with Gasteiger partial charge in [-0.25, -0.2) is 0 Å². The maximum Gasteiger partial charge on any atom is 0.251 e. The van der Waals surface area contributed by atoms with Gasteiger partial charge in [0.25, 0.3) is 5.91 Å². The van der Waals surface area contributed by atoms with E-state index in [-0.39, 0.29) is 11.7 Å². The molecule has 0 unspecified atom stereocenters. The number of phenolic OH excluding ortho intramolecular Hbond substituents is 1. The van der Waals surface area contributed by atoms with E-state index in [0.29, 0.717) is 16.6 Å². The van der Waals surface area contributed by atoms with Crippen LogP contribution in [0.2, 0.25) is 0 Å². The van der Waals surface area contributed by atoms with Crippen molar-refractivity contribution in [1.82, 2.24) is 5.32 Å². The molecule has 0 aromatic heterocycles. The quantitative estimate of drug-likeness (QED) is 0.834. The monoisotopic (exact) mass is 243 g/mol. The predicted molar refractivity (Wildman–Crippen MR) is 53.8 cm³/mol. The van der Waals surface area contributed by atoms with Crippen molar-refractivity contribution >= 4 is 21.8 Å². The Morgan fingerprint density at radius 2 is 2.31 bits per heavy atom. The molecular weight excluding hydrogens is 234 g/mol. The minimum Gasteiger partial charge on any atom is -0.507 e. The molecule has 0 bridgehead atoms. The first-order chi connectivity index (χ1) is 6.15. The summed E-state index contributed by atoms with van der Waals surface area (Å²) in [5.41, 5.74) is 0.461. The summed E-state index contributed by atoms with van der Waals surface area (Å²) >= 11 is 3.14. The van der Waals surface area contributed by atoms with Crippen molar-refractivity contribution in [2.45, 2.75) is 6.92 Å². The second-order valence-corrected chi connectivity index (χ2v) is 3.38. The van der Waals surface area contributed by atoms with Gasteiger partial charge in [0.05, 0.1) is 4.47 Å². The highest BCUT2D eigenvalue weighted by Crippen LogP contribution is 2.24. The highest BCUT2D eigenvalue weighted by molar-refractivity contribution is 9.10. The SMILES string of the molecule is CCNC(=O)c1ccc(Br)c(O)c1. The molecule has 13 heavy (non-hydrogen) atoms. The van der Waals surface area contributed by atoms with Crippen LogP contribution in [-0.2, 0) is 0 Å². The van der Waals surface area contributed by atoms with Crippen molar-refractivity contribution in [2.24, 2.45) is 0 Å². The number of hydrogen-bond acceptors (Lipinski definition) is 2. The average Bonchev–Trinajstić information content (AvgIpc) is 2.10. The molecule has 0 saturated heterocycles. The third-order valence-corrected chi connectivity index (χ3v) is 2.22. The van der Waals surface area contributed by atoms with E-state index in [2.05, 4.69) is 21.2 Å². The number of halogens is 1. The fourth-order valence-corrected chi connectivity index (χ4v) is 1.16. The second kappa shape index (κ2) is 4.28. The summed E-state index contributed by atoms with van der Waals surface area (Å²) in [4.78, 5) is 11.3. The van der Waals surface area contributed by atoms with Crippen LogP contribution in [0, 0.1) is 0 Å². The minimum absolute atomic E-state index is 0.0729. The molecule has 1 amide bonds. The molecule has 0 saturated carbocycles. The van der Waals surface area contributed by atoms with E-state index in [1.807, 2.05) is 6.92 Å². The van der Waals surface area contributed by atoms with Gasteiger partial charge in [-0.3, -0.25) is 4.79 Å². The minimum atomic E-state index is -0.176. The van der Waals surface area contributed by atoms with E-state index in [0.717, 1.165) is 0 Å². The van der Waals surface area contributed by atoms with Crippen LogP contribution in [0.15, 0.2) is 22.7 Å². The summed E-state index contributed by atoms with van der Waals surface area (Å²) in [6, 6.07) is 4.71. The van der Waals surface area contributed by atoms with Crippen LogP contribution in [0.3, 0.4) is 0 Å². The smallest absolute Gasteiger partial charge is 0.251 e. The topological polar surface area (TPSA) is 49.3 Å². The Morgan fingerprint density at radius 3 is 2.85 bits per heavy atom. The molecule has 1 aromatic rings. The van der Waals surface area contributed by atoms with Gasteiger partial charge in [-0.2, -0.15) is 0 Å². The zero-order valence-electron chi connectivity index (χ0n) is 7.17. The normalized spacial score (nSPS) is 9.69. The molecule has 3 nitrogen and oxygen atoms in total. The standard InChI is InChI=1S/C9H10BrNO2/c1-2-11-9(13)6-3-4-7(10)8(12)5-6/h3-5,12H,2H2,1H3,(H,11,13). The van der Waals surface area contributed by atoms with Crippen LogP contribution < -0.4 is 5.32 Å². The molecule has 2 N–H and O–H groups in total. The van der Waals surface area contributed by atoms with Crippen LogP contribution in [0.5, 0.6) is 5.75 Å². The molecule has 1 rings (SSSR count). The van der Waals surface area contributed by atoms with Gasteiger partial charge < -0.3 is 10.4 Å². The largest absolute Gasteiger partial charge is 0.507 e. The maximum atomic E-state index is 11.3. The lowest BCUT2D eigenvalue weighted by Crippen LogP contribution is -2.22. The second-order valence-electron chi connectivity index (χ2n) is 2.53. The third-order valence-electron chi connectivity index (χ3n) is 1.55. The summed E-state index contributed by atoms with van der Waals surface area (Å²) in [7, 11) is 0. The van der Waals surface area contributed by atoms with Crippen molar-refractivity contribution in [1.29, 1.82) is 0 Å². The van der Waals surface area contributed by atoms with E-state index in [1.54, 1.807) is 12.1 Å². The fraction of sp³-hybridized carbons (Fsp3) is 0.222. The summed E-state index contributed by atoms with van der Waals surface area (Å²) in [5.74, 6) is -0.103. The van der Waals surface area contributed by atoms with E-state index in [1.165, 1.54) is 6.07 Å². The van der Waals surface area contributed by atoms with Gasteiger partial charge in [-0.05, 0) is 41.1 Å². The number of amides is 1. The fourth-order valence-electron chi connectivity index (χ4n) is 0.917. The van der Waals surface area contributed by atoms with Gasteiger partial charge in [0, 0.05) is 12.1 Å². The number of carbonyl (C=O) groups is 1. The Balaban J connectivity index is 2.90. The van der Waals surface area contributed by atoms with Crippen LogP contribution >= 0.6 is 15.9 Å². The van der Waals surface area contributed by atoms with Crippen LogP contribution in [0.1, 0.15) is 17.3 Å². The van der Waals surface area contributed by atoms with Crippen molar-refractivity contribution in [2.75, 3.05) is 6.54 Å². The van der Waals surface area contributed by atoms with Crippen molar-refractivity contribution in [3.63, 3.8) is 0 Å². The van der Waals surface area contributed by atoms with Gasteiger partial charge in [0.1, 0.15) is 5.75 Å². The number of phenols is 1. The Hall–Kier alpha value is -1.03. The van der Waals surface area contributed by atoms with E-state index in [9.17, 15) is 9.90 Å². The molecular formula is C9H10BrNO2. The maximum absolute atomic E-state index is 11.3. The molecule has 0 aliphatic heterocycles. The lowest BCUT2D eigenvalue weighted by Gasteiger charge is -2.03. The van der Waals surface area contributed by atoms with E-state index in [4.69, 9.17) is 0 Å². The van der Waals surface area contributed by atoms with Crippen molar-refractivity contribution < 1.29 is 9.90 Å². The highest BCUT2D eigenvalue weighted by atomic mass is 79.9. The van der Waals surface area contributed by atoms with Crippen molar-refractivity contribution in [3.8, 4) is 5.75 Å². The molecule has 0 heterocycles. The van der Waals surface area contributed by atoms with Gasteiger partial charge in [-0.1, -0.05) is 0 Å². The Labute approximate surface area is 84.9 Å². The van der Waals surface area contributed by atoms with Gasteiger partial charge >= 0.3 is 0 Å². The highest BCUT2D eigenvalue weighted by Gasteiger charge is 2.06.